The van der Waals surface area contributed by atoms with Crippen LogP contribution in [0.4, 0.5) is 10.8 Å². The number of non-ortho nitro benzene ring substituents is 1. The largest absolute Gasteiger partial charge is 0.507 e. The predicted octanol–water partition coefficient (Wildman–Crippen LogP) is 5.40. The van der Waals surface area contributed by atoms with Gasteiger partial charge in [0.15, 0.2) is 5.13 Å². The summed E-state index contributed by atoms with van der Waals surface area (Å²) in [5.74, 6) is -1.51. The van der Waals surface area contributed by atoms with E-state index in [-0.39, 0.29) is 17.0 Å². The summed E-state index contributed by atoms with van der Waals surface area (Å²) in [5.41, 5.74) is 2.27. The lowest BCUT2D eigenvalue weighted by molar-refractivity contribution is -0.384. The third-order valence-corrected chi connectivity index (χ3v) is 7.30. The Balaban J connectivity index is 1.70. The number of ether oxygens (including phenoxy) is 1. The molecule has 0 spiro atoms. The van der Waals surface area contributed by atoms with Gasteiger partial charge in [0.05, 0.1) is 33.9 Å². The average Bonchev–Trinajstić information content (AvgIpc) is 3.45. The molecule has 0 aliphatic carbocycles. The highest BCUT2D eigenvalue weighted by molar-refractivity contribution is 7.22. The number of hydrogen-bond donors (Lipinski definition) is 1. The highest BCUT2D eigenvalue weighted by Gasteiger charge is 2.48. The zero-order valence-corrected chi connectivity index (χ0v) is 20.7. The zero-order chi connectivity index (χ0) is 26.3. The number of aryl methyl sites for hydroxylation is 1. The summed E-state index contributed by atoms with van der Waals surface area (Å²) in [6.07, 6.45) is 0.832. The van der Waals surface area contributed by atoms with Gasteiger partial charge in [-0.25, -0.2) is 4.98 Å². The quantitative estimate of drug-likeness (QED) is 0.120. The van der Waals surface area contributed by atoms with Gasteiger partial charge in [-0.2, -0.15) is 0 Å². The Bertz CT molecular complexity index is 1570. The Kier molecular flexibility index (Phi) is 6.18. The van der Waals surface area contributed by atoms with Crippen LogP contribution >= 0.6 is 11.3 Å². The maximum absolute atomic E-state index is 13.4. The molecule has 1 aliphatic rings. The van der Waals surface area contributed by atoms with E-state index in [0.29, 0.717) is 27.5 Å². The minimum absolute atomic E-state index is 0.127. The lowest BCUT2D eigenvalue weighted by Crippen LogP contribution is -2.29. The molecule has 0 saturated carbocycles. The summed E-state index contributed by atoms with van der Waals surface area (Å²) in [7, 11) is 1.51. The number of fused-ring (bicyclic) bond motifs is 1. The minimum atomic E-state index is -1.03. The van der Waals surface area contributed by atoms with Gasteiger partial charge in [-0.15, -0.1) is 0 Å². The fourth-order valence-corrected chi connectivity index (χ4v) is 5.36. The number of thiazole rings is 1. The van der Waals surface area contributed by atoms with Crippen LogP contribution in [0, 0.1) is 10.1 Å². The summed E-state index contributed by atoms with van der Waals surface area (Å²) >= 11 is 1.26. The summed E-state index contributed by atoms with van der Waals surface area (Å²) in [4.78, 5) is 43.3. The number of anilines is 1. The summed E-state index contributed by atoms with van der Waals surface area (Å²) < 4.78 is 6.02. The van der Waals surface area contributed by atoms with E-state index in [9.17, 15) is 24.8 Å². The molecule has 1 atom stereocenters. The van der Waals surface area contributed by atoms with Gasteiger partial charge in [0, 0.05) is 17.7 Å². The summed E-state index contributed by atoms with van der Waals surface area (Å²) in [6.45, 7) is 2.04. The first-order chi connectivity index (χ1) is 17.8. The molecule has 1 aromatic heterocycles. The first kappa shape index (κ1) is 24.1. The second kappa shape index (κ2) is 9.47. The molecule has 37 heavy (non-hydrogen) atoms. The average molecular weight is 516 g/mol. The molecule has 3 aromatic carbocycles. The Hall–Kier alpha value is -4.57. The van der Waals surface area contributed by atoms with E-state index in [1.165, 1.54) is 47.6 Å². The van der Waals surface area contributed by atoms with E-state index >= 15 is 0 Å². The number of Topliss-reactive ketones (excluding diaryl/α,β-unsaturated/α-hetero) is 1. The SMILES string of the molecule is CCc1ccc2nc(N3C(=O)C(=O)C(=C(O)c4ccc(OC)cc4)C3c3ccc([N+](=O)[O-])cc3)sc2c1. The molecule has 1 saturated heterocycles. The van der Waals surface area contributed by atoms with Crippen LogP contribution < -0.4 is 9.64 Å². The maximum Gasteiger partial charge on any atom is 0.301 e. The number of methoxy groups -OCH3 is 1. The van der Waals surface area contributed by atoms with Crippen molar-refractivity contribution in [1.29, 1.82) is 0 Å². The lowest BCUT2D eigenvalue weighted by atomic mass is 9.95. The van der Waals surface area contributed by atoms with E-state index in [1.807, 2.05) is 25.1 Å². The van der Waals surface area contributed by atoms with E-state index in [4.69, 9.17) is 4.74 Å². The summed E-state index contributed by atoms with van der Waals surface area (Å²) in [6, 6.07) is 16.8. The van der Waals surface area contributed by atoms with Crippen molar-refractivity contribution in [1.82, 2.24) is 4.98 Å². The molecule has 1 fully saturated rings. The molecule has 5 rings (SSSR count). The van der Waals surface area contributed by atoms with Crippen LogP contribution in [0.5, 0.6) is 5.75 Å². The first-order valence-electron chi connectivity index (χ1n) is 11.4. The van der Waals surface area contributed by atoms with Crippen LogP contribution in [-0.2, 0) is 16.0 Å². The lowest BCUT2D eigenvalue weighted by Gasteiger charge is -2.22. The first-order valence-corrected chi connectivity index (χ1v) is 12.2. The predicted molar refractivity (Wildman–Crippen MR) is 140 cm³/mol. The number of amides is 1. The molecule has 9 nitrogen and oxygen atoms in total. The number of nitro groups is 1. The van der Waals surface area contributed by atoms with Crippen LogP contribution in [0.1, 0.15) is 29.7 Å². The van der Waals surface area contributed by atoms with Gasteiger partial charge < -0.3 is 9.84 Å². The summed E-state index contributed by atoms with van der Waals surface area (Å²) in [5, 5.41) is 22.7. The number of carbonyl (C=O) groups excluding carboxylic acids is 2. The Labute approximate surface area is 215 Å². The molecule has 0 bridgehead atoms. The molecular weight excluding hydrogens is 494 g/mol. The second-order valence-corrected chi connectivity index (χ2v) is 9.41. The Morgan fingerprint density at radius 1 is 1.11 bits per heavy atom. The van der Waals surface area contributed by atoms with Gasteiger partial charge in [-0.3, -0.25) is 24.6 Å². The number of aliphatic hydroxyl groups is 1. The van der Waals surface area contributed by atoms with Crippen LogP contribution in [0.25, 0.3) is 16.0 Å². The number of benzene rings is 3. The fraction of sp³-hybridized carbons (Fsp3) is 0.148. The number of nitro benzene ring substituents is 1. The van der Waals surface area contributed by atoms with Crippen LogP contribution in [0.15, 0.2) is 72.3 Å². The van der Waals surface area contributed by atoms with Crippen molar-refractivity contribution in [3.8, 4) is 5.75 Å². The standard InChI is InChI=1S/C27H21N3O6S/c1-3-15-4-13-20-21(14-15)37-27(28-20)29-23(16-5-9-18(10-6-16)30(34)35)22(25(32)26(29)33)24(31)17-7-11-19(36-2)12-8-17/h4-14,23,31H,3H2,1-2H3. The van der Waals surface area contributed by atoms with Crippen LogP contribution in [0.3, 0.4) is 0 Å². The molecule has 1 N–H and O–H groups in total. The monoisotopic (exact) mass is 515 g/mol. The number of rotatable bonds is 6. The van der Waals surface area contributed by atoms with Crippen molar-refractivity contribution in [3.05, 3.63) is 99.1 Å². The van der Waals surface area contributed by atoms with Crippen molar-refractivity contribution in [2.75, 3.05) is 12.0 Å². The van der Waals surface area contributed by atoms with Gasteiger partial charge in [0.25, 0.3) is 11.5 Å². The fourth-order valence-electron chi connectivity index (χ4n) is 4.31. The molecule has 1 amide bonds. The molecule has 0 radical (unpaired) electrons. The van der Waals surface area contributed by atoms with Crippen molar-refractivity contribution in [2.45, 2.75) is 19.4 Å². The molecule has 4 aromatic rings. The number of hydrogen-bond acceptors (Lipinski definition) is 8. The third kappa shape index (κ3) is 4.21. The number of nitrogens with zero attached hydrogens (tertiary/aromatic N) is 3. The van der Waals surface area contributed by atoms with Crippen molar-refractivity contribution < 1.29 is 24.4 Å². The normalized spacial score (nSPS) is 16.9. The van der Waals surface area contributed by atoms with Gasteiger partial charge in [0.2, 0.25) is 0 Å². The van der Waals surface area contributed by atoms with Crippen LogP contribution in [0.2, 0.25) is 0 Å². The highest BCUT2D eigenvalue weighted by atomic mass is 32.1. The van der Waals surface area contributed by atoms with Gasteiger partial charge >= 0.3 is 5.91 Å². The highest BCUT2D eigenvalue weighted by Crippen LogP contribution is 2.44. The smallest absolute Gasteiger partial charge is 0.301 e. The van der Waals surface area contributed by atoms with E-state index in [2.05, 4.69) is 4.98 Å². The Morgan fingerprint density at radius 3 is 2.43 bits per heavy atom. The van der Waals surface area contributed by atoms with Crippen molar-refractivity contribution in [3.63, 3.8) is 0 Å². The van der Waals surface area contributed by atoms with E-state index in [1.54, 1.807) is 24.3 Å². The van der Waals surface area contributed by atoms with Crippen molar-refractivity contribution >= 4 is 49.8 Å². The number of ketones is 1. The maximum atomic E-state index is 13.4. The minimum Gasteiger partial charge on any atom is -0.507 e. The molecule has 1 unspecified atom stereocenters. The molecule has 1 aliphatic heterocycles. The van der Waals surface area contributed by atoms with Crippen LogP contribution in [-0.4, -0.2) is 33.8 Å². The number of carbonyl (C=O) groups is 2. The Morgan fingerprint density at radius 2 is 1.81 bits per heavy atom. The van der Waals surface area contributed by atoms with Gasteiger partial charge in [-0.1, -0.05) is 24.3 Å². The van der Waals surface area contributed by atoms with E-state index in [0.717, 1.165) is 16.7 Å². The number of aromatic nitrogens is 1. The molecule has 10 heteroatoms. The molecule has 186 valence electrons. The second-order valence-electron chi connectivity index (χ2n) is 8.40. The molecular formula is C27H21N3O6S. The van der Waals surface area contributed by atoms with E-state index < -0.39 is 22.7 Å². The molecule has 2 heterocycles. The van der Waals surface area contributed by atoms with Crippen molar-refractivity contribution in [2.24, 2.45) is 0 Å². The number of aliphatic hydroxyl groups excluding tert-OH is 1. The third-order valence-electron chi connectivity index (χ3n) is 6.28. The topological polar surface area (TPSA) is 123 Å². The van der Waals surface area contributed by atoms with Gasteiger partial charge in [0.1, 0.15) is 11.5 Å². The van der Waals surface area contributed by atoms with Gasteiger partial charge in [-0.05, 0) is 66.1 Å². The zero-order valence-electron chi connectivity index (χ0n) is 19.9.